The molecule has 1 rings (SSSR count). The van der Waals surface area contributed by atoms with E-state index in [1.54, 1.807) is 0 Å². The Hall–Kier alpha value is -2.12. The van der Waals surface area contributed by atoms with Crippen LogP contribution in [-0.4, -0.2) is 45.3 Å². The SMILES string of the molecule is O=C(O)c1cccc(C(=O)O)c1OCC(O)O. The fourth-order valence-corrected chi connectivity index (χ4v) is 1.19. The Labute approximate surface area is 95.5 Å². The molecule has 7 nitrogen and oxygen atoms in total. The van der Waals surface area contributed by atoms with Crippen LogP contribution in [0, 0.1) is 0 Å². The molecule has 0 radical (unpaired) electrons. The van der Waals surface area contributed by atoms with E-state index >= 15 is 0 Å². The fraction of sp³-hybridized carbons (Fsp3) is 0.200. The summed E-state index contributed by atoms with van der Waals surface area (Å²) in [4.78, 5) is 21.7. The molecular weight excluding hydrogens is 232 g/mol. The Kier molecular flexibility index (Phi) is 4.02. The molecule has 92 valence electrons. The Morgan fingerprint density at radius 2 is 1.59 bits per heavy atom. The second-order valence-electron chi connectivity index (χ2n) is 3.08. The maximum Gasteiger partial charge on any atom is 0.339 e. The molecule has 1 aromatic rings. The average molecular weight is 242 g/mol. The molecule has 0 amide bonds. The van der Waals surface area contributed by atoms with E-state index in [2.05, 4.69) is 0 Å². The van der Waals surface area contributed by atoms with Crippen molar-refractivity contribution in [2.75, 3.05) is 6.61 Å². The number of hydrogen-bond acceptors (Lipinski definition) is 5. The van der Waals surface area contributed by atoms with Gasteiger partial charge in [0.15, 0.2) is 6.29 Å². The third-order valence-corrected chi connectivity index (χ3v) is 1.85. The number of carboxylic acid groups (broad SMARTS) is 2. The van der Waals surface area contributed by atoms with Crippen LogP contribution in [0.15, 0.2) is 18.2 Å². The Balaban J connectivity index is 3.19. The van der Waals surface area contributed by atoms with Crippen LogP contribution in [0.3, 0.4) is 0 Å². The lowest BCUT2D eigenvalue weighted by atomic mass is 10.1. The highest BCUT2D eigenvalue weighted by Crippen LogP contribution is 2.24. The van der Waals surface area contributed by atoms with Gasteiger partial charge in [0.2, 0.25) is 0 Å². The number of aromatic carboxylic acids is 2. The number of aliphatic hydroxyl groups is 2. The van der Waals surface area contributed by atoms with Crippen LogP contribution in [0.2, 0.25) is 0 Å². The average Bonchev–Trinajstić information content (AvgIpc) is 2.25. The minimum absolute atomic E-state index is 0.356. The quantitative estimate of drug-likeness (QED) is 0.526. The van der Waals surface area contributed by atoms with Gasteiger partial charge >= 0.3 is 11.9 Å². The van der Waals surface area contributed by atoms with Gasteiger partial charge < -0.3 is 25.2 Å². The monoisotopic (exact) mass is 242 g/mol. The minimum atomic E-state index is -1.82. The van der Waals surface area contributed by atoms with Crippen molar-refractivity contribution >= 4 is 11.9 Å². The lowest BCUT2D eigenvalue weighted by molar-refractivity contribution is -0.0684. The van der Waals surface area contributed by atoms with Crippen molar-refractivity contribution in [1.29, 1.82) is 0 Å². The lowest BCUT2D eigenvalue weighted by Gasteiger charge is -2.12. The van der Waals surface area contributed by atoms with Crippen molar-refractivity contribution in [2.45, 2.75) is 6.29 Å². The zero-order valence-electron chi connectivity index (χ0n) is 8.53. The molecule has 0 atom stereocenters. The summed E-state index contributed by atoms with van der Waals surface area (Å²) in [6.07, 6.45) is -1.82. The van der Waals surface area contributed by atoms with Gasteiger partial charge in [-0.25, -0.2) is 9.59 Å². The highest BCUT2D eigenvalue weighted by atomic mass is 16.5. The first-order chi connectivity index (χ1) is 7.93. The van der Waals surface area contributed by atoms with Crippen molar-refractivity contribution in [1.82, 2.24) is 0 Å². The normalized spacial score (nSPS) is 10.3. The maximum absolute atomic E-state index is 10.8. The standard InChI is InChI=1S/C10H10O7/c11-7(12)4-17-8-5(9(13)14)2-1-3-6(8)10(15)16/h1-3,7,11-12H,4H2,(H,13,14)(H,15,16). The van der Waals surface area contributed by atoms with E-state index in [1.165, 1.54) is 6.07 Å². The van der Waals surface area contributed by atoms with E-state index in [9.17, 15) is 9.59 Å². The number of hydrogen-bond donors (Lipinski definition) is 4. The van der Waals surface area contributed by atoms with E-state index in [0.717, 1.165) is 12.1 Å². The maximum atomic E-state index is 10.8. The van der Waals surface area contributed by atoms with Crippen LogP contribution in [0.25, 0.3) is 0 Å². The molecule has 0 fully saturated rings. The zero-order chi connectivity index (χ0) is 13.0. The molecule has 0 unspecified atom stereocenters. The number of carbonyl (C=O) groups is 2. The van der Waals surface area contributed by atoms with Crippen LogP contribution >= 0.6 is 0 Å². The number of carboxylic acids is 2. The zero-order valence-corrected chi connectivity index (χ0v) is 8.53. The van der Waals surface area contributed by atoms with E-state index in [0.29, 0.717) is 0 Å². The molecule has 0 aliphatic rings. The molecule has 0 spiro atoms. The van der Waals surface area contributed by atoms with Crippen LogP contribution in [0.1, 0.15) is 20.7 Å². The Morgan fingerprint density at radius 3 is 1.94 bits per heavy atom. The van der Waals surface area contributed by atoms with Gasteiger partial charge in [0, 0.05) is 0 Å². The molecule has 7 heteroatoms. The first-order valence-electron chi connectivity index (χ1n) is 4.52. The van der Waals surface area contributed by atoms with Gasteiger partial charge in [0.1, 0.15) is 23.5 Å². The van der Waals surface area contributed by atoms with Gasteiger partial charge in [-0.15, -0.1) is 0 Å². The van der Waals surface area contributed by atoms with E-state index in [1.807, 2.05) is 0 Å². The van der Waals surface area contributed by atoms with Crippen molar-refractivity contribution < 1.29 is 34.8 Å². The van der Waals surface area contributed by atoms with Crippen molar-refractivity contribution in [3.8, 4) is 5.75 Å². The highest BCUT2D eigenvalue weighted by molar-refractivity contribution is 5.98. The summed E-state index contributed by atoms with van der Waals surface area (Å²) in [6, 6.07) is 3.58. The summed E-state index contributed by atoms with van der Waals surface area (Å²) in [5.41, 5.74) is -0.712. The van der Waals surface area contributed by atoms with Crippen LogP contribution < -0.4 is 4.74 Å². The van der Waals surface area contributed by atoms with E-state index < -0.39 is 30.6 Å². The van der Waals surface area contributed by atoms with Gasteiger partial charge in [-0.2, -0.15) is 0 Å². The third kappa shape index (κ3) is 3.16. The van der Waals surface area contributed by atoms with Gasteiger partial charge in [-0.1, -0.05) is 6.07 Å². The summed E-state index contributed by atoms with van der Waals surface area (Å²) in [5, 5.41) is 34.9. The number of aliphatic hydroxyl groups excluding tert-OH is 1. The van der Waals surface area contributed by atoms with Crippen LogP contribution in [0.4, 0.5) is 0 Å². The van der Waals surface area contributed by atoms with Gasteiger partial charge in [0.25, 0.3) is 0 Å². The Morgan fingerprint density at radius 1 is 1.12 bits per heavy atom. The molecule has 0 bridgehead atoms. The molecule has 4 N–H and O–H groups in total. The molecule has 1 aromatic carbocycles. The molecular formula is C10H10O7. The van der Waals surface area contributed by atoms with E-state index in [4.69, 9.17) is 25.2 Å². The summed E-state index contributed by atoms with van der Waals surface area (Å²) in [7, 11) is 0. The summed E-state index contributed by atoms with van der Waals surface area (Å²) in [5.74, 6) is -3.13. The van der Waals surface area contributed by atoms with Gasteiger partial charge in [0.05, 0.1) is 0 Å². The Bertz CT molecular complexity index is 406. The molecule has 0 heterocycles. The number of ether oxygens (including phenoxy) is 1. The second-order valence-corrected chi connectivity index (χ2v) is 3.08. The largest absolute Gasteiger partial charge is 0.486 e. The lowest BCUT2D eigenvalue weighted by Crippen LogP contribution is -2.19. The summed E-state index contributed by atoms with van der Waals surface area (Å²) in [6.45, 7) is -0.620. The first-order valence-corrected chi connectivity index (χ1v) is 4.52. The van der Waals surface area contributed by atoms with Crippen molar-refractivity contribution in [3.05, 3.63) is 29.3 Å². The van der Waals surface area contributed by atoms with E-state index in [-0.39, 0.29) is 11.1 Å². The number of para-hydroxylation sites is 1. The molecule has 17 heavy (non-hydrogen) atoms. The van der Waals surface area contributed by atoms with Crippen molar-refractivity contribution in [3.63, 3.8) is 0 Å². The van der Waals surface area contributed by atoms with Crippen LogP contribution in [0.5, 0.6) is 5.75 Å². The molecule has 0 saturated carbocycles. The summed E-state index contributed by atoms with van der Waals surface area (Å²) >= 11 is 0. The molecule has 0 saturated heterocycles. The molecule has 0 aliphatic heterocycles. The van der Waals surface area contributed by atoms with Crippen molar-refractivity contribution in [2.24, 2.45) is 0 Å². The third-order valence-electron chi connectivity index (χ3n) is 1.85. The fourth-order valence-electron chi connectivity index (χ4n) is 1.19. The number of benzene rings is 1. The van der Waals surface area contributed by atoms with Crippen LogP contribution in [-0.2, 0) is 0 Å². The predicted molar refractivity (Wildman–Crippen MR) is 54.1 cm³/mol. The van der Waals surface area contributed by atoms with Gasteiger partial charge in [-0.05, 0) is 12.1 Å². The molecule has 0 aliphatic carbocycles. The second kappa shape index (κ2) is 5.28. The summed E-state index contributed by atoms with van der Waals surface area (Å²) < 4.78 is 4.79. The highest BCUT2D eigenvalue weighted by Gasteiger charge is 2.20. The molecule has 0 aromatic heterocycles. The van der Waals surface area contributed by atoms with Gasteiger partial charge in [-0.3, -0.25) is 0 Å². The minimum Gasteiger partial charge on any atom is -0.486 e. The smallest absolute Gasteiger partial charge is 0.339 e. The number of rotatable bonds is 5. The first kappa shape index (κ1) is 12.9. The predicted octanol–water partition coefficient (Wildman–Crippen LogP) is -0.227. The topological polar surface area (TPSA) is 124 Å².